The fourth-order valence-corrected chi connectivity index (χ4v) is 3.65. The zero-order chi connectivity index (χ0) is 24.3. The zero-order valence-electron chi connectivity index (χ0n) is 20.6. The number of aromatic hydroxyl groups is 1. The molecule has 0 radical (unpaired) electrons. The Hall–Kier alpha value is -2.73. The number of unbranched alkanes of at least 4 members (excludes halogenated alkanes) is 5. The number of carbonyl (C=O) groups excluding carboxylic acids is 1. The van der Waals surface area contributed by atoms with E-state index in [1.165, 1.54) is 25.7 Å². The van der Waals surface area contributed by atoms with Crippen molar-refractivity contribution in [3.05, 3.63) is 47.6 Å². The molecule has 0 heterocycles. The minimum absolute atomic E-state index is 0.183. The third kappa shape index (κ3) is 8.97. The quantitative estimate of drug-likeness (QED) is 0.0767. The Bertz CT molecular complexity index is 908. The lowest BCUT2D eigenvalue weighted by atomic mass is 9.84. The van der Waals surface area contributed by atoms with Crippen LogP contribution in [0.2, 0.25) is 0 Å². The molecule has 1 aliphatic rings. The van der Waals surface area contributed by atoms with E-state index >= 15 is 0 Å². The first-order valence-corrected chi connectivity index (χ1v) is 12.1. The zero-order valence-corrected chi connectivity index (χ0v) is 20.6. The maximum Gasteiger partial charge on any atom is 0.306 e. The number of aryl methyl sites for hydroxylation is 1. The van der Waals surface area contributed by atoms with Gasteiger partial charge in [-0.3, -0.25) is 10.2 Å². The largest absolute Gasteiger partial charge is 0.502 e. The van der Waals surface area contributed by atoms with Gasteiger partial charge in [0, 0.05) is 18.1 Å². The van der Waals surface area contributed by atoms with Crippen LogP contribution in [0, 0.1) is 5.41 Å². The van der Waals surface area contributed by atoms with E-state index in [4.69, 9.17) is 10.1 Å². The van der Waals surface area contributed by atoms with Crippen molar-refractivity contribution in [1.29, 1.82) is 5.41 Å². The van der Waals surface area contributed by atoms with Gasteiger partial charge in [0.2, 0.25) is 0 Å². The van der Waals surface area contributed by atoms with Crippen LogP contribution in [0.25, 0.3) is 0 Å². The number of quaternary nitrogens is 1. The van der Waals surface area contributed by atoms with Crippen molar-refractivity contribution in [2.45, 2.75) is 84.5 Å². The van der Waals surface area contributed by atoms with E-state index in [0.717, 1.165) is 24.0 Å². The third-order valence-corrected chi connectivity index (χ3v) is 5.63. The maximum atomic E-state index is 12.2. The normalized spacial score (nSPS) is 14.8. The van der Waals surface area contributed by atoms with Crippen LogP contribution in [-0.4, -0.2) is 29.1 Å². The molecule has 1 aromatic rings. The Labute approximate surface area is 198 Å². The van der Waals surface area contributed by atoms with Crippen molar-refractivity contribution >= 4 is 23.1 Å². The van der Waals surface area contributed by atoms with Crippen molar-refractivity contribution < 1.29 is 20.1 Å². The number of nitrogens with one attached hydrogen (secondary N) is 1. The number of phenols is 1. The van der Waals surface area contributed by atoms with Crippen molar-refractivity contribution in [3.8, 4) is 5.75 Å². The average Bonchev–Trinajstić information content (AvgIpc) is 2.77. The number of esters is 1. The molecular formula is C27H40N3O3+. The highest BCUT2D eigenvalue weighted by Crippen LogP contribution is 2.35. The Balaban J connectivity index is 2.00. The smallest absolute Gasteiger partial charge is 0.306 e. The highest BCUT2D eigenvalue weighted by Gasteiger charge is 2.24. The Kier molecular flexibility index (Phi) is 10.5. The number of ether oxygens (including phenoxy) is 1. The second kappa shape index (κ2) is 13.1. The van der Waals surface area contributed by atoms with Gasteiger partial charge in [0.05, 0.1) is 12.3 Å². The van der Waals surface area contributed by atoms with Gasteiger partial charge in [0.25, 0.3) is 0 Å². The Morgan fingerprint density at radius 3 is 2.48 bits per heavy atom. The average molecular weight is 455 g/mol. The van der Waals surface area contributed by atoms with Gasteiger partial charge in [-0.2, -0.15) is 5.43 Å². The number of carbonyl (C=O) groups is 1. The number of nitrogens with zero attached hydrogens (tertiary/aromatic N) is 1. The fourth-order valence-electron chi connectivity index (χ4n) is 3.65. The minimum atomic E-state index is -0.270. The van der Waals surface area contributed by atoms with Crippen molar-refractivity contribution in [1.82, 2.24) is 0 Å². The van der Waals surface area contributed by atoms with Gasteiger partial charge in [-0.1, -0.05) is 83.1 Å². The molecule has 2 rings (SSSR count). The van der Waals surface area contributed by atoms with Gasteiger partial charge >= 0.3 is 5.97 Å². The molecule has 1 aromatic carbocycles. The summed E-state index contributed by atoms with van der Waals surface area (Å²) in [5.41, 5.74) is 4.54. The predicted molar refractivity (Wildman–Crippen MR) is 134 cm³/mol. The summed E-state index contributed by atoms with van der Waals surface area (Å²) in [5, 5.41) is 23.2. The first-order chi connectivity index (χ1) is 15.7. The monoisotopic (exact) mass is 454 g/mol. The van der Waals surface area contributed by atoms with Gasteiger partial charge in [0.1, 0.15) is 5.71 Å². The summed E-state index contributed by atoms with van der Waals surface area (Å²) in [5.74, 6) is -0.00426. The summed E-state index contributed by atoms with van der Waals surface area (Å²) < 4.78 is 5.40. The summed E-state index contributed by atoms with van der Waals surface area (Å²) in [4.78, 5) is 12.2. The van der Waals surface area contributed by atoms with E-state index in [2.05, 4.69) is 12.0 Å². The van der Waals surface area contributed by atoms with Gasteiger partial charge in [-0.15, -0.1) is 0 Å². The van der Waals surface area contributed by atoms with E-state index < -0.39 is 0 Å². The molecule has 0 bridgehead atoms. The van der Waals surface area contributed by atoms with Crippen LogP contribution < -0.4 is 5.43 Å². The van der Waals surface area contributed by atoms with Crippen molar-refractivity contribution in [2.75, 3.05) is 6.61 Å². The van der Waals surface area contributed by atoms with Crippen LogP contribution in [0.5, 0.6) is 5.75 Å². The van der Waals surface area contributed by atoms with Crippen LogP contribution in [0.15, 0.2) is 41.5 Å². The van der Waals surface area contributed by atoms with Gasteiger partial charge in [-0.05, 0) is 36.0 Å². The first-order valence-electron chi connectivity index (χ1n) is 12.1. The van der Waals surface area contributed by atoms with Gasteiger partial charge in [-0.25, -0.2) is 0 Å². The van der Waals surface area contributed by atoms with Gasteiger partial charge < -0.3 is 9.84 Å². The van der Waals surface area contributed by atoms with E-state index in [9.17, 15) is 9.90 Å². The topological polar surface area (TPSA) is 99.4 Å². The molecule has 0 atom stereocenters. The molecule has 0 fully saturated rings. The molecule has 1 aliphatic carbocycles. The van der Waals surface area contributed by atoms with Crippen LogP contribution in [-0.2, 0) is 21.4 Å². The molecular weight excluding hydrogens is 414 g/mol. The number of rotatable bonds is 12. The summed E-state index contributed by atoms with van der Waals surface area (Å²) in [6.07, 6.45) is 14.9. The number of nitrogens with two attached hydrogens (primary N) is 1. The maximum absolute atomic E-state index is 12.2. The van der Waals surface area contributed by atoms with Crippen LogP contribution in [0.1, 0.15) is 83.8 Å². The first kappa shape index (κ1) is 26.5. The lowest BCUT2D eigenvalue weighted by Gasteiger charge is -2.22. The molecule has 180 valence electrons. The van der Waals surface area contributed by atoms with E-state index in [0.29, 0.717) is 36.6 Å². The SMILES string of the molecule is CCCCCCCCOC(=O)CCc1cc([NH2+]/N=C2/C=CC=CC2=N)c(O)c(C(C)(C)C)c1. The standard InChI is InChI=1S/C27H39N3O3/c1-5-6-7-8-9-12-17-33-25(31)16-15-20-18-21(27(2,3)4)26(32)24(19-20)30-29-23-14-11-10-13-22(23)28/h10-11,13-14,18-19,28,30,32H,5-9,12,15-17H2,1-4H3/p+1/b28-22?,29-23-. The molecule has 0 unspecified atom stereocenters. The molecule has 0 spiro atoms. The number of phenolic OH excluding ortho intramolecular Hbond substituents is 1. The van der Waals surface area contributed by atoms with Crippen LogP contribution >= 0.6 is 0 Å². The third-order valence-electron chi connectivity index (χ3n) is 5.63. The minimum Gasteiger partial charge on any atom is -0.502 e. The van der Waals surface area contributed by atoms with Gasteiger partial charge in [0.15, 0.2) is 11.4 Å². The van der Waals surface area contributed by atoms with Crippen LogP contribution in [0.3, 0.4) is 0 Å². The Morgan fingerprint density at radius 1 is 1.09 bits per heavy atom. The molecule has 33 heavy (non-hydrogen) atoms. The van der Waals surface area contributed by atoms with E-state index in [1.807, 2.05) is 39.0 Å². The van der Waals surface area contributed by atoms with Crippen molar-refractivity contribution in [2.24, 2.45) is 5.10 Å². The molecule has 6 heteroatoms. The predicted octanol–water partition coefficient (Wildman–Crippen LogP) is 5.22. The number of hydrogen-bond donors (Lipinski definition) is 3. The number of benzene rings is 1. The molecule has 4 N–H and O–H groups in total. The summed E-state index contributed by atoms with van der Waals surface area (Å²) in [7, 11) is 0. The molecule has 0 aromatic heterocycles. The van der Waals surface area contributed by atoms with E-state index in [1.54, 1.807) is 23.7 Å². The summed E-state index contributed by atoms with van der Waals surface area (Å²) in [6.45, 7) is 8.81. The molecule has 6 nitrogen and oxygen atoms in total. The summed E-state index contributed by atoms with van der Waals surface area (Å²) in [6, 6.07) is 3.83. The second-order valence-electron chi connectivity index (χ2n) is 9.59. The molecule has 0 aliphatic heterocycles. The van der Waals surface area contributed by atoms with Crippen LogP contribution in [0.4, 0.5) is 5.69 Å². The van der Waals surface area contributed by atoms with E-state index in [-0.39, 0.29) is 17.1 Å². The highest BCUT2D eigenvalue weighted by molar-refractivity contribution is 6.49. The van der Waals surface area contributed by atoms with Crippen molar-refractivity contribution in [3.63, 3.8) is 0 Å². The highest BCUT2D eigenvalue weighted by atomic mass is 16.5. The lowest BCUT2D eigenvalue weighted by Crippen LogP contribution is -2.72. The molecule has 0 saturated heterocycles. The summed E-state index contributed by atoms with van der Waals surface area (Å²) >= 11 is 0. The number of hydrogen-bond acceptors (Lipinski definition) is 5. The number of allylic oxidation sites excluding steroid dienone is 4. The lowest BCUT2D eigenvalue weighted by molar-refractivity contribution is -0.577. The second-order valence-corrected chi connectivity index (χ2v) is 9.59. The Morgan fingerprint density at radius 2 is 1.79 bits per heavy atom. The molecule has 0 amide bonds. The molecule has 0 saturated carbocycles. The fraction of sp³-hybridized carbons (Fsp3) is 0.519.